The van der Waals surface area contributed by atoms with Gasteiger partial charge >= 0.3 is 0 Å². The maximum absolute atomic E-state index is 6.19. The molecule has 1 fully saturated rings. The number of rotatable bonds is 3. The lowest BCUT2D eigenvalue weighted by Gasteiger charge is -2.09. The molecule has 17 heavy (non-hydrogen) atoms. The Morgan fingerprint density at radius 1 is 1.47 bits per heavy atom. The van der Waals surface area contributed by atoms with Gasteiger partial charge in [-0.25, -0.2) is 0 Å². The molecule has 1 saturated carbocycles. The zero-order valence-electron chi connectivity index (χ0n) is 9.91. The van der Waals surface area contributed by atoms with Crippen LogP contribution in [0.15, 0.2) is 18.2 Å². The van der Waals surface area contributed by atoms with Crippen LogP contribution in [0.1, 0.15) is 24.8 Å². The van der Waals surface area contributed by atoms with Crippen LogP contribution >= 0.6 is 11.6 Å². The van der Waals surface area contributed by atoms with E-state index in [0.717, 1.165) is 36.6 Å². The van der Waals surface area contributed by atoms with Crippen LogP contribution in [0, 0.1) is 0 Å². The predicted molar refractivity (Wildman–Crippen MR) is 70.2 cm³/mol. The average molecular weight is 250 g/mol. The molecule has 1 aliphatic rings. The average Bonchev–Trinajstić information content (AvgIpc) is 2.97. The number of nitrogens with zero attached hydrogens (tertiary/aromatic N) is 2. The first kappa shape index (κ1) is 11.1. The van der Waals surface area contributed by atoms with Crippen LogP contribution in [-0.4, -0.2) is 15.3 Å². The number of fused-ring (bicyclic) bond motifs is 1. The maximum Gasteiger partial charge on any atom is 0.159 e. The van der Waals surface area contributed by atoms with Gasteiger partial charge in [-0.05, 0) is 37.3 Å². The highest BCUT2D eigenvalue weighted by atomic mass is 35.5. The first-order valence-electron chi connectivity index (χ1n) is 5.98. The van der Waals surface area contributed by atoms with Gasteiger partial charge in [-0.3, -0.25) is 4.68 Å². The molecular weight excluding hydrogens is 234 g/mol. The zero-order chi connectivity index (χ0) is 12.0. The van der Waals surface area contributed by atoms with Crippen LogP contribution in [0.2, 0.25) is 5.15 Å². The van der Waals surface area contributed by atoms with Gasteiger partial charge in [-0.15, -0.1) is 0 Å². The Morgan fingerprint density at radius 3 is 2.94 bits per heavy atom. The number of hydrogen-bond donors (Lipinski definition) is 1. The monoisotopic (exact) mass is 249 g/mol. The minimum atomic E-state index is 0.0941. The van der Waals surface area contributed by atoms with Gasteiger partial charge in [-0.2, -0.15) is 5.10 Å². The molecule has 2 N–H and O–H groups in total. The molecule has 3 nitrogen and oxygen atoms in total. The molecule has 0 unspecified atom stereocenters. The molecule has 1 heterocycles. The second-order valence-electron chi connectivity index (χ2n) is 5.09. The van der Waals surface area contributed by atoms with Crippen molar-refractivity contribution in [1.29, 1.82) is 0 Å². The third-order valence-corrected chi connectivity index (χ3v) is 3.97. The van der Waals surface area contributed by atoms with E-state index in [1.165, 1.54) is 5.56 Å². The van der Waals surface area contributed by atoms with Crippen molar-refractivity contribution >= 4 is 22.5 Å². The van der Waals surface area contributed by atoms with Gasteiger partial charge in [0.05, 0.1) is 5.52 Å². The van der Waals surface area contributed by atoms with Gasteiger partial charge < -0.3 is 5.73 Å². The van der Waals surface area contributed by atoms with E-state index in [4.69, 9.17) is 17.3 Å². The first-order valence-corrected chi connectivity index (χ1v) is 6.36. The topological polar surface area (TPSA) is 43.8 Å². The Morgan fingerprint density at radius 2 is 2.24 bits per heavy atom. The lowest BCUT2D eigenvalue weighted by Crippen LogP contribution is -2.22. The van der Waals surface area contributed by atoms with Crippen molar-refractivity contribution in [1.82, 2.24) is 9.78 Å². The van der Waals surface area contributed by atoms with Gasteiger partial charge in [0, 0.05) is 18.0 Å². The van der Waals surface area contributed by atoms with Crippen LogP contribution in [0.25, 0.3) is 10.9 Å². The Bertz CT molecular complexity index is 569. The molecule has 0 radical (unpaired) electrons. The summed E-state index contributed by atoms with van der Waals surface area (Å²) in [5, 5.41) is 5.94. The van der Waals surface area contributed by atoms with Crippen molar-refractivity contribution in [3.63, 3.8) is 0 Å². The van der Waals surface area contributed by atoms with Gasteiger partial charge in [0.2, 0.25) is 0 Å². The smallest absolute Gasteiger partial charge is 0.159 e. The molecule has 0 aliphatic heterocycles. The summed E-state index contributed by atoms with van der Waals surface area (Å²) in [6, 6.07) is 6.24. The van der Waals surface area contributed by atoms with E-state index in [9.17, 15) is 0 Å². The lowest BCUT2D eigenvalue weighted by molar-refractivity contribution is 0.610. The fraction of sp³-hybridized carbons (Fsp3) is 0.462. The van der Waals surface area contributed by atoms with Crippen molar-refractivity contribution in [2.45, 2.75) is 31.2 Å². The van der Waals surface area contributed by atoms with E-state index >= 15 is 0 Å². The van der Waals surface area contributed by atoms with E-state index < -0.39 is 0 Å². The minimum Gasteiger partial charge on any atom is -0.325 e. The molecule has 1 aromatic heterocycles. The number of halogens is 1. The number of aryl methyl sites for hydroxylation is 2. The zero-order valence-corrected chi connectivity index (χ0v) is 10.7. The Balaban J connectivity index is 1.97. The van der Waals surface area contributed by atoms with Crippen LogP contribution in [0.4, 0.5) is 0 Å². The third-order valence-electron chi connectivity index (χ3n) is 3.71. The van der Waals surface area contributed by atoms with E-state index in [-0.39, 0.29) is 5.54 Å². The quantitative estimate of drug-likeness (QED) is 0.909. The standard InChI is InChI=1S/C13H16ClN3/c1-17-10-4-2-3-9(11(10)12(14)16-17)5-6-13(15)7-8-13/h2-4H,5-8,15H2,1H3. The molecule has 0 spiro atoms. The molecule has 0 amide bonds. The fourth-order valence-electron chi connectivity index (χ4n) is 2.33. The predicted octanol–water partition coefficient (Wildman–Crippen LogP) is 2.65. The molecule has 4 heteroatoms. The molecule has 0 saturated heterocycles. The molecule has 3 rings (SSSR count). The summed E-state index contributed by atoms with van der Waals surface area (Å²) in [4.78, 5) is 0. The van der Waals surface area contributed by atoms with Gasteiger partial charge in [0.1, 0.15) is 0 Å². The summed E-state index contributed by atoms with van der Waals surface area (Å²) in [5.41, 5.74) is 8.58. The molecule has 2 aromatic rings. The Labute approximate surface area is 106 Å². The lowest BCUT2D eigenvalue weighted by atomic mass is 10.0. The van der Waals surface area contributed by atoms with Crippen molar-refractivity contribution in [2.24, 2.45) is 12.8 Å². The normalized spacial score (nSPS) is 17.6. The number of benzene rings is 1. The highest BCUT2D eigenvalue weighted by Crippen LogP contribution is 2.37. The summed E-state index contributed by atoms with van der Waals surface area (Å²) in [7, 11) is 1.92. The molecule has 0 atom stereocenters. The molecule has 1 aliphatic carbocycles. The second kappa shape index (κ2) is 3.72. The van der Waals surface area contributed by atoms with Crippen molar-refractivity contribution < 1.29 is 0 Å². The highest BCUT2D eigenvalue weighted by molar-refractivity contribution is 6.34. The van der Waals surface area contributed by atoms with E-state index in [1.54, 1.807) is 0 Å². The molecule has 1 aromatic carbocycles. The van der Waals surface area contributed by atoms with Gasteiger partial charge in [0.15, 0.2) is 5.15 Å². The SMILES string of the molecule is Cn1nc(Cl)c2c(CCC3(N)CC3)cccc21. The highest BCUT2D eigenvalue weighted by Gasteiger charge is 2.37. The van der Waals surface area contributed by atoms with Crippen molar-refractivity contribution in [3.8, 4) is 0 Å². The van der Waals surface area contributed by atoms with Crippen molar-refractivity contribution in [2.75, 3.05) is 0 Å². The van der Waals surface area contributed by atoms with Crippen LogP contribution < -0.4 is 5.73 Å². The van der Waals surface area contributed by atoms with Crippen LogP contribution in [0.5, 0.6) is 0 Å². The summed E-state index contributed by atoms with van der Waals surface area (Å²) >= 11 is 6.19. The molecular formula is C13H16ClN3. The van der Waals surface area contributed by atoms with E-state index in [1.807, 2.05) is 17.8 Å². The van der Waals surface area contributed by atoms with Crippen LogP contribution in [0.3, 0.4) is 0 Å². The largest absolute Gasteiger partial charge is 0.325 e. The minimum absolute atomic E-state index is 0.0941. The number of hydrogen-bond acceptors (Lipinski definition) is 2. The molecule has 0 bridgehead atoms. The van der Waals surface area contributed by atoms with E-state index in [2.05, 4.69) is 17.2 Å². The Hall–Kier alpha value is -1.06. The number of aromatic nitrogens is 2. The van der Waals surface area contributed by atoms with E-state index in [0.29, 0.717) is 5.15 Å². The first-order chi connectivity index (χ1) is 8.09. The summed E-state index contributed by atoms with van der Waals surface area (Å²) in [6.45, 7) is 0. The Kier molecular flexibility index (Phi) is 2.42. The van der Waals surface area contributed by atoms with Crippen molar-refractivity contribution in [3.05, 3.63) is 28.9 Å². The number of nitrogens with two attached hydrogens (primary N) is 1. The molecule has 90 valence electrons. The van der Waals surface area contributed by atoms with Gasteiger partial charge in [0.25, 0.3) is 0 Å². The summed E-state index contributed by atoms with van der Waals surface area (Å²) < 4.78 is 1.83. The summed E-state index contributed by atoms with van der Waals surface area (Å²) in [6.07, 6.45) is 4.34. The maximum atomic E-state index is 6.19. The van der Waals surface area contributed by atoms with Gasteiger partial charge in [-0.1, -0.05) is 23.7 Å². The van der Waals surface area contributed by atoms with Crippen LogP contribution in [-0.2, 0) is 13.5 Å². The summed E-state index contributed by atoms with van der Waals surface area (Å²) in [5.74, 6) is 0. The second-order valence-corrected chi connectivity index (χ2v) is 5.45. The fourth-order valence-corrected chi connectivity index (χ4v) is 2.66. The third kappa shape index (κ3) is 1.94.